The quantitative estimate of drug-likeness (QED) is 0.533. The van der Waals surface area contributed by atoms with Crippen LogP contribution in [-0.4, -0.2) is 30.0 Å². The van der Waals surface area contributed by atoms with Gasteiger partial charge in [-0.15, -0.1) is 0 Å². The van der Waals surface area contributed by atoms with Gasteiger partial charge < -0.3 is 19.4 Å². The number of fused-ring (bicyclic) bond motifs is 2. The van der Waals surface area contributed by atoms with Crippen LogP contribution in [0.4, 0.5) is 0 Å². The average molecular weight is 376 g/mol. The molecule has 0 saturated heterocycles. The lowest BCUT2D eigenvalue weighted by atomic mass is 10.0. The van der Waals surface area contributed by atoms with E-state index in [-0.39, 0.29) is 11.1 Å². The first-order valence-corrected chi connectivity index (χ1v) is 8.48. The molecule has 140 valence electrons. The molecule has 0 unspecified atom stereocenters. The maximum Gasteiger partial charge on any atom is 0.259 e. The number of carbonyl (C=O) groups excluding carboxylic acids is 1. The van der Waals surface area contributed by atoms with Gasteiger partial charge in [0.15, 0.2) is 0 Å². The van der Waals surface area contributed by atoms with Crippen molar-refractivity contribution >= 4 is 27.6 Å². The van der Waals surface area contributed by atoms with Gasteiger partial charge in [-0.05, 0) is 36.4 Å². The minimum Gasteiger partial charge on any atom is -0.496 e. The Balaban J connectivity index is 1.95. The molecule has 28 heavy (non-hydrogen) atoms. The highest BCUT2D eigenvalue weighted by Gasteiger charge is 2.20. The number of aromatic nitrogens is 2. The molecule has 0 fully saturated rings. The summed E-state index contributed by atoms with van der Waals surface area (Å²) in [5, 5.41) is 1.14. The van der Waals surface area contributed by atoms with Gasteiger partial charge in [-0.25, -0.2) is 0 Å². The molecule has 0 radical (unpaired) electrons. The lowest BCUT2D eigenvalue weighted by molar-refractivity contribution is 0.103. The van der Waals surface area contributed by atoms with Crippen LogP contribution >= 0.6 is 0 Å². The topological polar surface area (TPSA) is 101 Å². The molecule has 2 heterocycles. The first-order chi connectivity index (χ1) is 13.5. The van der Waals surface area contributed by atoms with Crippen LogP contribution in [0.1, 0.15) is 15.9 Å². The van der Waals surface area contributed by atoms with Crippen molar-refractivity contribution in [3.63, 3.8) is 0 Å². The molecule has 0 atom stereocenters. The van der Waals surface area contributed by atoms with Gasteiger partial charge in [-0.2, -0.15) is 0 Å². The van der Waals surface area contributed by atoms with Crippen molar-refractivity contribution < 1.29 is 14.3 Å². The van der Waals surface area contributed by atoms with E-state index in [1.165, 1.54) is 26.4 Å². The Morgan fingerprint density at radius 3 is 1.57 bits per heavy atom. The third-order valence-electron chi connectivity index (χ3n) is 4.62. The molecule has 7 nitrogen and oxygen atoms in total. The van der Waals surface area contributed by atoms with Crippen LogP contribution in [0.3, 0.4) is 0 Å². The lowest BCUT2D eigenvalue weighted by Gasteiger charge is -2.08. The number of H-pyrrole nitrogens is 2. The number of methoxy groups -OCH3 is 2. The highest BCUT2D eigenvalue weighted by atomic mass is 16.5. The number of nitrogens with one attached hydrogen (secondary N) is 2. The average Bonchev–Trinajstić information content (AvgIpc) is 2.71. The molecule has 0 aliphatic carbocycles. The van der Waals surface area contributed by atoms with Crippen molar-refractivity contribution in [1.82, 2.24) is 9.97 Å². The van der Waals surface area contributed by atoms with Gasteiger partial charge in [0.2, 0.25) is 5.78 Å². The van der Waals surface area contributed by atoms with Crippen LogP contribution in [0.5, 0.6) is 11.5 Å². The van der Waals surface area contributed by atoms with Crippen molar-refractivity contribution in [1.29, 1.82) is 0 Å². The van der Waals surface area contributed by atoms with Gasteiger partial charge in [-0.3, -0.25) is 14.4 Å². The minimum absolute atomic E-state index is 0.142. The monoisotopic (exact) mass is 376 g/mol. The van der Waals surface area contributed by atoms with E-state index in [1.807, 2.05) is 0 Å². The predicted molar refractivity (Wildman–Crippen MR) is 106 cm³/mol. The minimum atomic E-state index is -0.678. The molecular weight excluding hydrogens is 360 g/mol. The maximum absolute atomic E-state index is 13.1. The second-order valence-corrected chi connectivity index (χ2v) is 6.20. The summed E-state index contributed by atoms with van der Waals surface area (Å²) in [4.78, 5) is 43.4. The highest BCUT2D eigenvalue weighted by Crippen LogP contribution is 2.26. The third kappa shape index (κ3) is 2.73. The van der Waals surface area contributed by atoms with Crippen molar-refractivity contribution in [2.45, 2.75) is 0 Å². The van der Waals surface area contributed by atoms with Gasteiger partial charge in [0.25, 0.3) is 11.1 Å². The number of benzene rings is 2. The molecule has 4 aromatic rings. The van der Waals surface area contributed by atoms with Crippen molar-refractivity contribution in [3.05, 3.63) is 80.4 Å². The summed E-state index contributed by atoms with van der Waals surface area (Å²) < 4.78 is 10.6. The molecule has 0 bridgehead atoms. The van der Waals surface area contributed by atoms with Crippen LogP contribution in [-0.2, 0) is 0 Å². The first-order valence-electron chi connectivity index (χ1n) is 8.48. The molecule has 4 rings (SSSR count). The fraction of sp³-hybridized carbons (Fsp3) is 0.0952. The molecular formula is C21H16N2O5. The fourth-order valence-electron chi connectivity index (χ4n) is 3.24. The van der Waals surface area contributed by atoms with E-state index in [0.717, 1.165) is 0 Å². The molecule has 7 heteroatoms. The van der Waals surface area contributed by atoms with Gasteiger partial charge in [0.05, 0.1) is 36.4 Å². The van der Waals surface area contributed by atoms with E-state index >= 15 is 0 Å². The zero-order valence-electron chi connectivity index (χ0n) is 15.2. The first kappa shape index (κ1) is 17.5. The van der Waals surface area contributed by atoms with Gasteiger partial charge in [0, 0.05) is 10.8 Å². The Hall–Kier alpha value is -3.87. The lowest BCUT2D eigenvalue weighted by Crippen LogP contribution is -2.24. The van der Waals surface area contributed by atoms with E-state index in [4.69, 9.17) is 9.47 Å². The van der Waals surface area contributed by atoms with E-state index in [2.05, 4.69) is 9.97 Å². The molecule has 2 N–H and O–H groups in total. The van der Waals surface area contributed by atoms with Crippen LogP contribution in [0.25, 0.3) is 21.8 Å². The molecule has 2 aromatic carbocycles. The molecule has 0 amide bonds. The van der Waals surface area contributed by atoms with E-state index in [9.17, 15) is 14.4 Å². The smallest absolute Gasteiger partial charge is 0.259 e. The Morgan fingerprint density at radius 1 is 0.750 bits per heavy atom. The number of hydrogen-bond donors (Lipinski definition) is 2. The SMILES string of the molecule is COc1cccc2[nH]c(=O)c(C(=O)c3cc4c(OC)cccc4[nH]c3=O)cc12. The van der Waals surface area contributed by atoms with Crippen LogP contribution in [0.15, 0.2) is 58.1 Å². The Kier molecular flexibility index (Phi) is 4.19. The van der Waals surface area contributed by atoms with Crippen molar-refractivity contribution in [2.75, 3.05) is 14.2 Å². The van der Waals surface area contributed by atoms with Crippen LogP contribution in [0, 0.1) is 0 Å². The molecule has 0 aliphatic rings. The Morgan fingerprint density at radius 2 is 1.18 bits per heavy atom. The second kappa shape index (κ2) is 6.70. The summed E-state index contributed by atoms with van der Waals surface area (Å²) in [5.74, 6) is 0.344. The standard InChI is InChI=1S/C21H16N2O5/c1-27-17-7-3-5-15-11(17)9-13(20(25)22-15)19(24)14-10-12-16(23-21(14)26)6-4-8-18(12)28-2/h3-10H,1-2H3,(H,22,25)(H,23,26). The number of pyridine rings is 2. The second-order valence-electron chi connectivity index (χ2n) is 6.20. The maximum atomic E-state index is 13.1. The van der Waals surface area contributed by atoms with Crippen LogP contribution in [0.2, 0.25) is 0 Å². The zero-order chi connectivity index (χ0) is 19.8. The van der Waals surface area contributed by atoms with Gasteiger partial charge >= 0.3 is 0 Å². The van der Waals surface area contributed by atoms with Crippen molar-refractivity contribution in [3.8, 4) is 11.5 Å². The summed E-state index contributed by atoms with van der Waals surface area (Å²) in [6, 6.07) is 13.2. The van der Waals surface area contributed by atoms with E-state index in [0.29, 0.717) is 33.3 Å². The number of ketones is 1. The van der Waals surface area contributed by atoms with Gasteiger partial charge in [0.1, 0.15) is 11.5 Å². The highest BCUT2D eigenvalue weighted by molar-refractivity contribution is 6.11. The summed E-state index contributed by atoms with van der Waals surface area (Å²) in [5.41, 5.74) is -0.367. The fourth-order valence-corrected chi connectivity index (χ4v) is 3.24. The molecule has 0 aliphatic heterocycles. The molecule has 0 saturated carbocycles. The largest absolute Gasteiger partial charge is 0.496 e. The number of aromatic amines is 2. The summed E-state index contributed by atoms with van der Waals surface area (Å²) in [7, 11) is 3.00. The molecule has 0 spiro atoms. The Labute approximate surface area is 158 Å². The van der Waals surface area contributed by atoms with E-state index in [1.54, 1.807) is 36.4 Å². The number of carbonyl (C=O) groups is 1. The summed E-state index contributed by atoms with van der Waals surface area (Å²) >= 11 is 0. The molecule has 2 aromatic heterocycles. The summed E-state index contributed by atoms with van der Waals surface area (Å²) in [6.45, 7) is 0. The van der Waals surface area contributed by atoms with E-state index < -0.39 is 16.9 Å². The van der Waals surface area contributed by atoms with Gasteiger partial charge in [-0.1, -0.05) is 12.1 Å². The van der Waals surface area contributed by atoms with Crippen LogP contribution < -0.4 is 20.6 Å². The number of ether oxygens (including phenoxy) is 2. The third-order valence-corrected chi connectivity index (χ3v) is 4.62. The summed E-state index contributed by atoms with van der Waals surface area (Å²) in [6.07, 6.45) is 0. The Bertz CT molecular complexity index is 1250. The zero-order valence-corrected chi connectivity index (χ0v) is 15.2. The predicted octanol–water partition coefficient (Wildman–Crippen LogP) is 2.62. The number of hydrogen-bond acceptors (Lipinski definition) is 5. The normalized spacial score (nSPS) is 10.9. The number of rotatable bonds is 4. The van der Waals surface area contributed by atoms with Crippen molar-refractivity contribution in [2.24, 2.45) is 0 Å².